The van der Waals surface area contributed by atoms with Gasteiger partial charge in [0.25, 0.3) is 0 Å². The van der Waals surface area contributed by atoms with Crippen molar-refractivity contribution >= 4 is 5.91 Å². The van der Waals surface area contributed by atoms with Crippen LogP contribution in [0.3, 0.4) is 0 Å². The number of hydrogen-bond donors (Lipinski definition) is 1. The molecule has 4 nitrogen and oxygen atoms in total. The molecule has 0 unspecified atom stereocenters. The predicted octanol–water partition coefficient (Wildman–Crippen LogP) is 1.30. The van der Waals surface area contributed by atoms with Crippen LogP contribution in [0.1, 0.15) is 40.0 Å². The average molecular weight is 255 g/mol. The van der Waals surface area contributed by atoms with Crippen molar-refractivity contribution in [2.75, 3.05) is 32.7 Å². The third-order valence-electron chi connectivity index (χ3n) is 3.49. The highest BCUT2D eigenvalue weighted by molar-refractivity contribution is 5.81. The van der Waals surface area contributed by atoms with E-state index in [9.17, 15) is 4.79 Å². The summed E-state index contributed by atoms with van der Waals surface area (Å²) in [5.41, 5.74) is 5.94. The Kier molecular flexibility index (Phi) is 6.65. The normalized spacial score (nSPS) is 19.3. The maximum atomic E-state index is 12.1. The molecular formula is C14H29N3O. The van der Waals surface area contributed by atoms with Crippen molar-refractivity contribution in [3.05, 3.63) is 0 Å². The molecule has 1 aliphatic rings. The van der Waals surface area contributed by atoms with Gasteiger partial charge in [-0.3, -0.25) is 9.69 Å². The van der Waals surface area contributed by atoms with Gasteiger partial charge in [-0.2, -0.15) is 0 Å². The number of unbranched alkanes of at least 4 members (excludes halogenated alkanes) is 1. The van der Waals surface area contributed by atoms with Crippen LogP contribution in [0.4, 0.5) is 0 Å². The average Bonchev–Trinajstić information content (AvgIpc) is 2.35. The lowest BCUT2D eigenvalue weighted by molar-refractivity contribution is -0.134. The van der Waals surface area contributed by atoms with Gasteiger partial charge in [-0.25, -0.2) is 0 Å². The topological polar surface area (TPSA) is 49.6 Å². The Balaban J connectivity index is 2.31. The van der Waals surface area contributed by atoms with Gasteiger partial charge >= 0.3 is 0 Å². The minimum atomic E-state index is -0.290. The van der Waals surface area contributed by atoms with E-state index in [2.05, 4.69) is 25.7 Å². The van der Waals surface area contributed by atoms with Crippen molar-refractivity contribution in [1.29, 1.82) is 0 Å². The third kappa shape index (κ3) is 4.94. The van der Waals surface area contributed by atoms with Crippen molar-refractivity contribution < 1.29 is 4.79 Å². The molecule has 106 valence electrons. The molecule has 2 N–H and O–H groups in total. The molecule has 1 rings (SSSR count). The zero-order valence-electron chi connectivity index (χ0n) is 12.2. The van der Waals surface area contributed by atoms with Crippen molar-refractivity contribution in [2.45, 2.75) is 46.1 Å². The number of hydrogen-bond acceptors (Lipinski definition) is 3. The molecule has 1 aliphatic heterocycles. The fourth-order valence-electron chi connectivity index (χ4n) is 2.45. The van der Waals surface area contributed by atoms with Gasteiger partial charge in [0.2, 0.25) is 5.91 Å². The minimum absolute atomic E-state index is 0.146. The lowest BCUT2D eigenvalue weighted by Gasteiger charge is -2.36. The Labute approximate surface area is 111 Å². The molecule has 1 amide bonds. The molecule has 4 heteroatoms. The fraction of sp³-hybridized carbons (Fsp3) is 0.929. The first-order chi connectivity index (χ1) is 8.54. The second-order valence-corrected chi connectivity index (χ2v) is 5.77. The molecule has 0 saturated carbocycles. The lowest BCUT2D eigenvalue weighted by Crippen LogP contribution is -2.53. The van der Waals surface area contributed by atoms with E-state index >= 15 is 0 Å². The van der Waals surface area contributed by atoms with Gasteiger partial charge in [-0.05, 0) is 12.3 Å². The SMILES string of the molecule is CCCC[C@H](N)C(=O)N1CCN(CC(C)C)CC1. The molecule has 0 aromatic rings. The highest BCUT2D eigenvalue weighted by Gasteiger charge is 2.24. The molecule has 0 aromatic carbocycles. The Hall–Kier alpha value is -0.610. The summed E-state index contributed by atoms with van der Waals surface area (Å²) in [6.45, 7) is 11.4. The van der Waals surface area contributed by atoms with Gasteiger partial charge < -0.3 is 10.6 Å². The lowest BCUT2D eigenvalue weighted by atomic mass is 10.1. The van der Waals surface area contributed by atoms with Crippen molar-refractivity contribution in [3.63, 3.8) is 0 Å². The summed E-state index contributed by atoms with van der Waals surface area (Å²) in [5, 5.41) is 0. The Bertz CT molecular complexity index is 247. The fourth-order valence-corrected chi connectivity index (χ4v) is 2.45. The first-order valence-electron chi connectivity index (χ1n) is 7.31. The molecule has 18 heavy (non-hydrogen) atoms. The van der Waals surface area contributed by atoms with Crippen LogP contribution >= 0.6 is 0 Å². The van der Waals surface area contributed by atoms with Crippen LogP contribution in [-0.2, 0) is 4.79 Å². The second-order valence-electron chi connectivity index (χ2n) is 5.77. The Morgan fingerprint density at radius 3 is 2.33 bits per heavy atom. The van der Waals surface area contributed by atoms with E-state index in [4.69, 9.17) is 5.73 Å². The summed E-state index contributed by atoms with van der Waals surface area (Å²) in [5.74, 6) is 0.840. The Morgan fingerprint density at radius 1 is 1.22 bits per heavy atom. The second kappa shape index (κ2) is 7.74. The molecule has 1 heterocycles. The zero-order valence-corrected chi connectivity index (χ0v) is 12.2. The summed E-state index contributed by atoms with van der Waals surface area (Å²) >= 11 is 0. The molecular weight excluding hydrogens is 226 g/mol. The van der Waals surface area contributed by atoms with Crippen molar-refractivity contribution in [3.8, 4) is 0 Å². The van der Waals surface area contributed by atoms with Crippen molar-refractivity contribution in [1.82, 2.24) is 9.80 Å². The van der Waals surface area contributed by atoms with E-state index < -0.39 is 0 Å². The number of nitrogens with zero attached hydrogens (tertiary/aromatic N) is 2. The van der Waals surface area contributed by atoms with Gasteiger partial charge in [-0.15, -0.1) is 0 Å². The maximum Gasteiger partial charge on any atom is 0.239 e. The molecule has 0 bridgehead atoms. The van der Waals surface area contributed by atoms with Crippen LogP contribution in [0, 0.1) is 5.92 Å². The molecule has 1 fully saturated rings. The summed E-state index contributed by atoms with van der Waals surface area (Å²) in [4.78, 5) is 16.5. The number of nitrogens with two attached hydrogens (primary N) is 1. The number of carbonyl (C=O) groups is 1. The highest BCUT2D eigenvalue weighted by atomic mass is 16.2. The first kappa shape index (κ1) is 15.4. The maximum absolute atomic E-state index is 12.1. The number of amides is 1. The molecule has 0 radical (unpaired) electrons. The molecule has 1 saturated heterocycles. The molecule has 1 atom stereocenters. The van der Waals surface area contributed by atoms with Crippen LogP contribution in [0.5, 0.6) is 0 Å². The highest BCUT2D eigenvalue weighted by Crippen LogP contribution is 2.08. The van der Waals surface area contributed by atoms with Crippen molar-refractivity contribution in [2.24, 2.45) is 11.7 Å². The summed E-state index contributed by atoms with van der Waals surface area (Å²) in [6.07, 6.45) is 2.96. The van der Waals surface area contributed by atoms with Gasteiger partial charge in [-0.1, -0.05) is 33.6 Å². The van der Waals surface area contributed by atoms with Crippen LogP contribution < -0.4 is 5.73 Å². The van der Waals surface area contributed by atoms with E-state index in [1.165, 1.54) is 0 Å². The van der Waals surface area contributed by atoms with Crippen LogP contribution in [0.15, 0.2) is 0 Å². The van der Waals surface area contributed by atoms with E-state index in [0.29, 0.717) is 5.92 Å². The number of piperazine rings is 1. The molecule has 0 aromatic heterocycles. The van der Waals surface area contributed by atoms with Gasteiger partial charge in [0, 0.05) is 32.7 Å². The van der Waals surface area contributed by atoms with E-state index in [-0.39, 0.29) is 11.9 Å². The first-order valence-corrected chi connectivity index (χ1v) is 7.31. The van der Waals surface area contributed by atoms with E-state index in [1.807, 2.05) is 4.90 Å². The van der Waals surface area contributed by atoms with Gasteiger partial charge in [0.05, 0.1) is 6.04 Å². The quantitative estimate of drug-likeness (QED) is 0.778. The van der Waals surface area contributed by atoms with Gasteiger partial charge in [0.1, 0.15) is 0 Å². The smallest absolute Gasteiger partial charge is 0.239 e. The minimum Gasteiger partial charge on any atom is -0.339 e. The largest absolute Gasteiger partial charge is 0.339 e. The van der Waals surface area contributed by atoms with Crippen LogP contribution in [0.25, 0.3) is 0 Å². The zero-order chi connectivity index (χ0) is 13.5. The molecule has 0 aliphatic carbocycles. The van der Waals surface area contributed by atoms with Crippen LogP contribution in [0.2, 0.25) is 0 Å². The van der Waals surface area contributed by atoms with Gasteiger partial charge in [0.15, 0.2) is 0 Å². The monoisotopic (exact) mass is 255 g/mol. The Morgan fingerprint density at radius 2 is 1.83 bits per heavy atom. The third-order valence-corrected chi connectivity index (χ3v) is 3.49. The summed E-state index contributed by atoms with van der Waals surface area (Å²) in [6, 6.07) is -0.290. The summed E-state index contributed by atoms with van der Waals surface area (Å²) in [7, 11) is 0. The van der Waals surface area contributed by atoms with E-state index in [1.54, 1.807) is 0 Å². The standard InChI is InChI=1S/C14H29N3O/c1-4-5-6-13(15)14(18)17-9-7-16(8-10-17)11-12(2)3/h12-13H,4-11,15H2,1-3H3/t13-/m0/s1. The predicted molar refractivity (Wildman–Crippen MR) is 75.4 cm³/mol. The molecule has 0 spiro atoms. The van der Waals surface area contributed by atoms with E-state index in [0.717, 1.165) is 52.0 Å². The number of rotatable bonds is 6. The van der Waals surface area contributed by atoms with Crippen LogP contribution in [-0.4, -0.2) is 54.5 Å². The number of carbonyl (C=O) groups excluding carboxylic acids is 1. The summed E-state index contributed by atoms with van der Waals surface area (Å²) < 4.78 is 0.